The molecule has 17 heteroatoms. The number of para-hydroxylation sites is 1. The normalized spacial score (nSPS) is 17.4. The van der Waals surface area contributed by atoms with Gasteiger partial charge in [0.1, 0.15) is 52.8 Å². The van der Waals surface area contributed by atoms with Crippen LogP contribution in [-0.2, 0) is 0 Å². The summed E-state index contributed by atoms with van der Waals surface area (Å²) < 4.78 is 55.1. The number of likely N-dealkylation sites (tertiary alicyclic amines) is 1. The van der Waals surface area contributed by atoms with Crippen molar-refractivity contribution in [2.75, 3.05) is 13.1 Å². The Morgan fingerprint density at radius 1 is 0.864 bits per heavy atom. The number of carbonyl (C=O) groups is 2. The Morgan fingerprint density at radius 3 is 2.14 bits per heavy atom. The molecule has 8 nitrogen and oxygen atoms in total. The van der Waals surface area contributed by atoms with Gasteiger partial charge in [-0.25, -0.2) is 4.98 Å². The minimum Gasteiger partial charge on any atom is -0.509 e. The van der Waals surface area contributed by atoms with Crippen molar-refractivity contribution in [1.29, 1.82) is 0 Å². The van der Waals surface area contributed by atoms with E-state index in [0.717, 1.165) is 11.6 Å². The van der Waals surface area contributed by atoms with Crippen LogP contribution in [-0.4, -0.2) is 105 Å². The highest BCUT2D eigenvalue weighted by molar-refractivity contribution is 6.59. The van der Waals surface area contributed by atoms with Gasteiger partial charge in [0.25, 0.3) is 17.7 Å². The van der Waals surface area contributed by atoms with Gasteiger partial charge in [-0.3, -0.25) is 9.59 Å². The molecular formula is C27H32B6F3N3O5. The molecule has 2 atom stereocenters. The van der Waals surface area contributed by atoms with Gasteiger partial charge in [0.15, 0.2) is 5.75 Å². The number of carbonyl (C=O) groups excluding carboxylic acids is 2. The first kappa shape index (κ1) is 33.0. The van der Waals surface area contributed by atoms with E-state index in [1.165, 1.54) is 24.4 Å². The van der Waals surface area contributed by atoms with Crippen molar-refractivity contribution in [2.24, 2.45) is 0 Å². The van der Waals surface area contributed by atoms with E-state index in [9.17, 15) is 22.8 Å². The van der Waals surface area contributed by atoms with E-state index in [2.05, 4.69) is 15.0 Å². The summed E-state index contributed by atoms with van der Waals surface area (Å²) in [6.45, 7) is 0.549. The highest BCUT2D eigenvalue weighted by atomic mass is 19.4. The fraction of sp³-hybridized carbons (Fsp3) is 0.296. The van der Waals surface area contributed by atoms with Gasteiger partial charge in [-0.05, 0) is 30.2 Å². The number of nitrogens with zero attached hydrogens (tertiary/aromatic N) is 2. The molecule has 4 rings (SSSR count). The number of amides is 2. The van der Waals surface area contributed by atoms with Crippen LogP contribution in [0.15, 0.2) is 66.9 Å². The highest BCUT2D eigenvalue weighted by Crippen LogP contribution is 2.33. The van der Waals surface area contributed by atoms with Crippen LogP contribution in [0.5, 0.6) is 17.4 Å². The third-order valence-corrected chi connectivity index (χ3v) is 6.69. The maximum atomic E-state index is 13.8. The molecule has 3 aromatic rings. The van der Waals surface area contributed by atoms with E-state index >= 15 is 0 Å². The molecule has 1 aliphatic heterocycles. The van der Waals surface area contributed by atoms with Crippen LogP contribution in [0.1, 0.15) is 38.6 Å². The monoisotopic (exact) mass is 601 g/mol. The minimum absolute atomic E-state index is 0.231. The second-order valence-corrected chi connectivity index (χ2v) is 12.6. The molecule has 2 amide bonds. The Bertz CT molecular complexity index is 1490. The van der Waals surface area contributed by atoms with Crippen molar-refractivity contribution in [3.63, 3.8) is 0 Å². The molecular weight excluding hydrogens is 568 g/mol. The molecule has 224 valence electrons. The summed E-state index contributed by atoms with van der Waals surface area (Å²) in [5.41, 5.74) is 0.960. The lowest BCUT2D eigenvalue weighted by molar-refractivity contribution is -0.274. The predicted octanol–water partition coefficient (Wildman–Crippen LogP) is -1.81. The lowest BCUT2D eigenvalue weighted by atomic mass is 9.52. The van der Waals surface area contributed by atoms with Gasteiger partial charge < -0.3 is 24.4 Å². The molecule has 0 spiro atoms. The third-order valence-electron chi connectivity index (χ3n) is 6.69. The molecule has 1 aliphatic rings. The van der Waals surface area contributed by atoms with Crippen LogP contribution in [0.4, 0.5) is 13.2 Å². The van der Waals surface area contributed by atoms with Gasteiger partial charge in [-0.15, -0.1) is 13.2 Å². The summed E-state index contributed by atoms with van der Waals surface area (Å²) in [5, 5.41) is 1.79. The second-order valence-electron chi connectivity index (χ2n) is 12.6. The number of alkyl halides is 3. The van der Waals surface area contributed by atoms with Crippen molar-refractivity contribution in [2.45, 2.75) is 35.3 Å². The van der Waals surface area contributed by atoms with Crippen LogP contribution in [0.25, 0.3) is 0 Å². The number of piperidine rings is 1. The van der Waals surface area contributed by atoms with Crippen molar-refractivity contribution >= 4 is 58.9 Å². The average molecular weight is 600 g/mol. The Balaban J connectivity index is 1.59. The Hall–Kier alpha value is -3.89. The molecule has 44 heavy (non-hydrogen) atoms. The molecule has 1 fully saturated rings. The molecule has 0 saturated carbocycles. The molecule has 1 aromatic heterocycles. The molecule has 0 aliphatic carbocycles. The number of aromatic nitrogens is 1. The largest absolute Gasteiger partial charge is 0.573 e. The molecule has 1 saturated heterocycles. The van der Waals surface area contributed by atoms with E-state index in [1.807, 2.05) is 77.4 Å². The average Bonchev–Trinajstić information content (AvgIpc) is 2.92. The van der Waals surface area contributed by atoms with Crippen LogP contribution < -0.4 is 19.5 Å². The van der Waals surface area contributed by atoms with Gasteiger partial charge in [0.05, 0.1) is 11.1 Å². The third kappa shape index (κ3) is 9.06. The van der Waals surface area contributed by atoms with Gasteiger partial charge in [0.2, 0.25) is 0 Å². The zero-order valence-electron chi connectivity index (χ0n) is 25.7. The van der Waals surface area contributed by atoms with Crippen LogP contribution >= 0.6 is 0 Å². The van der Waals surface area contributed by atoms with E-state index in [-0.39, 0.29) is 29.8 Å². The van der Waals surface area contributed by atoms with Gasteiger partial charge in [-0.1, -0.05) is 42.5 Å². The van der Waals surface area contributed by atoms with E-state index in [0.29, 0.717) is 24.3 Å². The molecule has 2 aromatic carbocycles. The number of pyridine rings is 1. The minimum atomic E-state index is -4.95. The number of nitrogens with one attached hydrogen (secondary N) is 1. The number of halogens is 3. The Morgan fingerprint density at radius 2 is 1.50 bits per heavy atom. The zero-order valence-corrected chi connectivity index (χ0v) is 25.7. The maximum absolute atomic E-state index is 13.8. The maximum Gasteiger partial charge on any atom is 0.573 e. The number of benzene rings is 2. The first-order chi connectivity index (χ1) is 20.5. The quantitative estimate of drug-likeness (QED) is 0.292. The number of ether oxygens (including phenoxy) is 3. The Labute approximate surface area is 260 Å². The van der Waals surface area contributed by atoms with Gasteiger partial charge in [0, 0.05) is 41.8 Å². The van der Waals surface area contributed by atoms with E-state index in [4.69, 9.17) is 9.47 Å². The number of rotatable bonds is 9. The van der Waals surface area contributed by atoms with Crippen molar-refractivity contribution in [3.8, 4) is 17.4 Å². The fourth-order valence-electron chi connectivity index (χ4n) is 4.96. The zero-order chi connectivity index (χ0) is 32.3. The Kier molecular flexibility index (Phi) is 9.75. The van der Waals surface area contributed by atoms with Crippen molar-refractivity contribution in [3.05, 3.63) is 83.6 Å². The second kappa shape index (κ2) is 13.0. The predicted molar refractivity (Wildman–Crippen MR) is 176 cm³/mol. The van der Waals surface area contributed by atoms with Crippen molar-refractivity contribution < 1.29 is 37.0 Å². The topological polar surface area (TPSA) is 90.0 Å². The van der Waals surface area contributed by atoms with Crippen LogP contribution in [0.2, 0.25) is 0 Å². The van der Waals surface area contributed by atoms with E-state index < -0.39 is 34.7 Å². The molecule has 1 N–H and O–H groups in total. The standard InChI is InChI=1S/C27H32B6F3N3O5/c28-25(29,30)42-21-12-16(13-37-23(21)44-26(31,32)33)24(41)39-11-10-19(18(14-39)15-6-2-1-3-7-15)38-22(40)17-8-4-5-9-20(17)43-27(34,35)36/h1-9,12-13,18-19H,10-11,14,28-33H2,(H,38,40)/t18-,19-/m1/s1. The van der Waals surface area contributed by atoms with Crippen molar-refractivity contribution in [1.82, 2.24) is 15.2 Å². The molecule has 2 heterocycles. The van der Waals surface area contributed by atoms with Gasteiger partial charge >= 0.3 is 6.36 Å². The summed E-state index contributed by atoms with van der Waals surface area (Å²) in [4.78, 5) is 33.1. The first-order valence-electron chi connectivity index (χ1n) is 14.4. The summed E-state index contributed by atoms with van der Waals surface area (Å²) >= 11 is 0. The van der Waals surface area contributed by atoms with E-state index in [1.54, 1.807) is 11.0 Å². The van der Waals surface area contributed by atoms with Crippen LogP contribution in [0, 0.1) is 0 Å². The number of hydrogen-bond acceptors (Lipinski definition) is 6. The summed E-state index contributed by atoms with van der Waals surface area (Å²) in [7, 11) is 11.3. The summed E-state index contributed by atoms with van der Waals surface area (Å²) in [6.07, 6.45) is -3.12. The fourth-order valence-corrected chi connectivity index (χ4v) is 4.96. The summed E-state index contributed by atoms with van der Waals surface area (Å²) in [5.74, 6) is -1.26. The highest BCUT2D eigenvalue weighted by Gasteiger charge is 2.36. The lowest BCUT2D eigenvalue weighted by Crippen LogP contribution is -2.51. The molecule has 0 radical (unpaired) electrons. The lowest BCUT2D eigenvalue weighted by Gasteiger charge is -2.39. The molecule has 0 bridgehead atoms. The van der Waals surface area contributed by atoms with Gasteiger partial charge in [-0.2, -0.15) is 0 Å². The summed E-state index contributed by atoms with van der Waals surface area (Å²) in [6, 6.07) is 15.7. The number of hydrogen-bond donors (Lipinski definition) is 1. The van der Waals surface area contributed by atoms with Crippen LogP contribution in [0.3, 0.4) is 0 Å². The molecule has 0 unspecified atom stereocenters. The SMILES string of the molecule is BC(B)(B)Oc1cc(C(=O)N2CC[C@@H](NC(=O)c3ccccc3OC(F)(F)F)[C@@H](c3ccccc3)C2)cnc1OC(B)(B)B. The first-order valence-corrected chi connectivity index (χ1v) is 14.4. The smallest absolute Gasteiger partial charge is 0.509 e.